The fourth-order valence-electron chi connectivity index (χ4n) is 2.78. The Labute approximate surface area is 109 Å². The van der Waals surface area contributed by atoms with E-state index in [0.29, 0.717) is 0 Å². The zero-order valence-corrected chi connectivity index (χ0v) is 11.5. The summed E-state index contributed by atoms with van der Waals surface area (Å²) >= 11 is 0. The van der Waals surface area contributed by atoms with Gasteiger partial charge in [0.05, 0.1) is 6.54 Å². The molecule has 104 valence electrons. The first kappa shape index (κ1) is 15.0. The van der Waals surface area contributed by atoms with Crippen LogP contribution in [0.25, 0.3) is 0 Å². The number of hydrogen-bond donors (Lipinski definition) is 2. The van der Waals surface area contributed by atoms with E-state index in [2.05, 4.69) is 5.32 Å². The number of hydrogen-bond acceptors (Lipinski definition) is 3. The average Bonchev–Trinajstić information content (AvgIpc) is 2.25. The molecular formula is C13H24N2O3. The van der Waals surface area contributed by atoms with Gasteiger partial charge in [-0.2, -0.15) is 0 Å². The second kappa shape index (κ2) is 6.73. The van der Waals surface area contributed by atoms with Gasteiger partial charge in [0.15, 0.2) is 0 Å². The van der Waals surface area contributed by atoms with Crippen LogP contribution >= 0.6 is 0 Å². The maximum Gasteiger partial charge on any atom is 0.317 e. The molecule has 2 N–H and O–H groups in total. The van der Waals surface area contributed by atoms with Crippen molar-refractivity contribution in [3.63, 3.8) is 0 Å². The Kier molecular flexibility index (Phi) is 5.59. The molecule has 0 aliphatic heterocycles. The third-order valence-corrected chi connectivity index (χ3v) is 3.53. The van der Waals surface area contributed by atoms with Gasteiger partial charge in [-0.15, -0.1) is 0 Å². The molecule has 2 atom stereocenters. The highest BCUT2D eigenvalue weighted by atomic mass is 16.4. The Balaban J connectivity index is 2.77. The Morgan fingerprint density at radius 1 is 1.33 bits per heavy atom. The molecule has 18 heavy (non-hydrogen) atoms. The first-order chi connectivity index (χ1) is 8.41. The molecule has 0 spiro atoms. The van der Waals surface area contributed by atoms with E-state index in [1.165, 1.54) is 6.92 Å². The summed E-state index contributed by atoms with van der Waals surface area (Å²) in [7, 11) is 0. The van der Waals surface area contributed by atoms with Crippen LogP contribution in [0.4, 0.5) is 0 Å². The molecule has 1 amide bonds. The zero-order valence-electron chi connectivity index (χ0n) is 11.5. The number of nitrogens with one attached hydrogen (secondary N) is 1. The van der Waals surface area contributed by atoms with Crippen LogP contribution in [0.15, 0.2) is 0 Å². The summed E-state index contributed by atoms with van der Waals surface area (Å²) in [6, 6.07) is 0.386. The molecule has 5 heteroatoms. The van der Waals surface area contributed by atoms with Gasteiger partial charge < -0.3 is 10.4 Å². The number of amides is 1. The molecule has 0 aromatic heterocycles. The van der Waals surface area contributed by atoms with Gasteiger partial charge in [0.1, 0.15) is 0 Å². The monoisotopic (exact) mass is 256 g/mol. The summed E-state index contributed by atoms with van der Waals surface area (Å²) < 4.78 is 0. The van der Waals surface area contributed by atoms with E-state index >= 15 is 0 Å². The highest BCUT2D eigenvalue weighted by Crippen LogP contribution is 2.24. The van der Waals surface area contributed by atoms with Crippen LogP contribution in [-0.4, -0.2) is 46.6 Å². The van der Waals surface area contributed by atoms with E-state index in [9.17, 15) is 9.59 Å². The molecule has 1 fully saturated rings. The van der Waals surface area contributed by atoms with Crippen molar-refractivity contribution in [2.45, 2.75) is 64.6 Å². The number of nitrogens with zero attached hydrogens (tertiary/aromatic N) is 1. The van der Waals surface area contributed by atoms with E-state index in [1.807, 2.05) is 18.7 Å². The second-order valence-corrected chi connectivity index (χ2v) is 5.32. The van der Waals surface area contributed by atoms with Gasteiger partial charge in [-0.1, -0.05) is 12.8 Å². The van der Waals surface area contributed by atoms with E-state index in [-0.39, 0.29) is 30.6 Å². The Hall–Kier alpha value is -1.10. The predicted molar refractivity (Wildman–Crippen MR) is 69.3 cm³/mol. The third kappa shape index (κ3) is 4.29. The number of rotatable bonds is 5. The lowest BCUT2D eigenvalue weighted by Gasteiger charge is -2.41. The fraction of sp³-hybridized carbons (Fsp3) is 0.846. The molecule has 1 aliphatic carbocycles. The van der Waals surface area contributed by atoms with Gasteiger partial charge in [-0.3, -0.25) is 14.5 Å². The number of carboxylic acids is 1. The van der Waals surface area contributed by atoms with E-state index in [1.54, 1.807) is 0 Å². The summed E-state index contributed by atoms with van der Waals surface area (Å²) in [6.45, 7) is 5.56. The molecule has 0 radical (unpaired) electrons. The molecule has 1 saturated carbocycles. The van der Waals surface area contributed by atoms with Gasteiger partial charge in [0, 0.05) is 25.0 Å². The van der Waals surface area contributed by atoms with Crippen molar-refractivity contribution in [1.82, 2.24) is 10.2 Å². The van der Waals surface area contributed by atoms with E-state index in [4.69, 9.17) is 5.11 Å². The molecule has 1 aliphatic rings. The summed E-state index contributed by atoms with van der Waals surface area (Å²) in [4.78, 5) is 24.2. The highest BCUT2D eigenvalue weighted by molar-refractivity contribution is 5.73. The van der Waals surface area contributed by atoms with Crippen molar-refractivity contribution in [2.24, 2.45) is 0 Å². The van der Waals surface area contributed by atoms with Crippen molar-refractivity contribution in [1.29, 1.82) is 0 Å². The van der Waals surface area contributed by atoms with Crippen LogP contribution in [0.5, 0.6) is 0 Å². The molecular weight excluding hydrogens is 232 g/mol. The fourth-order valence-corrected chi connectivity index (χ4v) is 2.78. The molecule has 0 aromatic carbocycles. The minimum atomic E-state index is -0.809. The zero-order chi connectivity index (χ0) is 13.7. The lowest BCUT2D eigenvalue weighted by atomic mass is 9.88. The molecule has 0 aromatic rings. The first-order valence-electron chi connectivity index (χ1n) is 6.66. The van der Waals surface area contributed by atoms with Gasteiger partial charge in [0.25, 0.3) is 0 Å². The van der Waals surface area contributed by atoms with Crippen LogP contribution in [0.2, 0.25) is 0 Å². The summed E-state index contributed by atoms with van der Waals surface area (Å²) in [5.74, 6) is -0.846. The van der Waals surface area contributed by atoms with Gasteiger partial charge in [-0.25, -0.2) is 0 Å². The van der Waals surface area contributed by atoms with Crippen molar-refractivity contribution in [2.75, 3.05) is 6.54 Å². The first-order valence-corrected chi connectivity index (χ1v) is 6.66. The van der Waals surface area contributed by atoms with Crippen LogP contribution in [-0.2, 0) is 9.59 Å². The minimum Gasteiger partial charge on any atom is -0.480 e. The van der Waals surface area contributed by atoms with Gasteiger partial charge in [0.2, 0.25) is 5.91 Å². The number of carbonyl (C=O) groups excluding carboxylic acids is 1. The summed E-state index contributed by atoms with van der Waals surface area (Å²) in [6.07, 6.45) is 4.09. The quantitative estimate of drug-likeness (QED) is 0.776. The lowest BCUT2D eigenvalue weighted by Crippen LogP contribution is -2.56. The van der Waals surface area contributed by atoms with Gasteiger partial charge >= 0.3 is 5.97 Å². The lowest BCUT2D eigenvalue weighted by molar-refractivity contribution is -0.140. The predicted octanol–water partition coefficient (Wildman–Crippen LogP) is 1.23. The van der Waals surface area contributed by atoms with Crippen molar-refractivity contribution >= 4 is 11.9 Å². The van der Waals surface area contributed by atoms with Crippen molar-refractivity contribution < 1.29 is 14.7 Å². The van der Waals surface area contributed by atoms with Crippen molar-refractivity contribution in [3.8, 4) is 0 Å². The smallest absolute Gasteiger partial charge is 0.317 e. The maximum absolute atomic E-state index is 11.2. The van der Waals surface area contributed by atoms with E-state index < -0.39 is 5.97 Å². The Morgan fingerprint density at radius 2 is 1.94 bits per heavy atom. The standard InChI is InChI=1S/C13H24N2O3/c1-9(2)15(8-13(17)18)12-7-5-4-6-11(12)14-10(3)16/h9,11-12H,4-8H2,1-3H3,(H,14,16)(H,17,18)/t11-,12-/m0/s1. The van der Waals surface area contributed by atoms with Crippen LogP contribution in [0, 0.1) is 0 Å². The van der Waals surface area contributed by atoms with Crippen LogP contribution in [0.1, 0.15) is 46.5 Å². The number of carbonyl (C=O) groups is 2. The molecule has 5 nitrogen and oxygen atoms in total. The number of aliphatic carboxylic acids is 1. The second-order valence-electron chi connectivity index (χ2n) is 5.32. The Bertz CT molecular complexity index is 305. The minimum absolute atomic E-state index is 0.0362. The normalized spacial score (nSPS) is 24.3. The Morgan fingerprint density at radius 3 is 2.44 bits per heavy atom. The molecule has 0 bridgehead atoms. The molecule has 1 rings (SSSR count). The van der Waals surface area contributed by atoms with Crippen molar-refractivity contribution in [3.05, 3.63) is 0 Å². The molecule has 0 unspecified atom stereocenters. The average molecular weight is 256 g/mol. The molecule has 0 heterocycles. The largest absolute Gasteiger partial charge is 0.480 e. The number of carboxylic acid groups (broad SMARTS) is 1. The summed E-state index contributed by atoms with van der Waals surface area (Å²) in [5, 5.41) is 12.0. The summed E-state index contributed by atoms with van der Waals surface area (Å²) in [5.41, 5.74) is 0. The van der Waals surface area contributed by atoms with Crippen LogP contribution < -0.4 is 5.32 Å². The topological polar surface area (TPSA) is 69.6 Å². The molecule has 0 saturated heterocycles. The SMILES string of the molecule is CC(=O)N[C@H]1CCCC[C@@H]1N(CC(=O)O)C(C)C. The maximum atomic E-state index is 11.2. The van der Waals surface area contributed by atoms with Gasteiger partial charge in [-0.05, 0) is 26.7 Å². The van der Waals surface area contributed by atoms with E-state index in [0.717, 1.165) is 25.7 Å². The highest BCUT2D eigenvalue weighted by Gasteiger charge is 2.32. The third-order valence-electron chi connectivity index (χ3n) is 3.53. The van der Waals surface area contributed by atoms with Crippen LogP contribution in [0.3, 0.4) is 0 Å².